The molecule has 4 nitrogen and oxygen atoms in total. The fraction of sp³-hybridized carbons (Fsp3) is 0.333. The standard InChI is InChI=1S/C9H9F2NO3/c1-15-6-4-12-3-5(2-7(13)14)8(6)9(10)11/h3-4,9H,2H2,1H3,(H,13,14). The maximum atomic E-state index is 12.6. The molecule has 0 aliphatic heterocycles. The fourth-order valence-corrected chi connectivity index (χ4v) is 1.21. The second kappa shape index (κ2) is 4.68. The molecule has 0 aliphatic rings. The van der Waals surface area contributed by atoms with E-state index < -0.39 is 24.4 Å². The van der Waals surface area contributed by atoms with Crippen molar-refractivity contribution in [3.05, 3.63) is 23.5 Å². The Bertz CT molecular complexity index is 368. The molecular formula is C9H9F2NO3. The Kier molecular flexibility index (Phi) is 3.54. The van der Waals surface area contributed by atoms with Crippen molar-refractivity contribution in [2.45, 2.75) is 12.8 Å². The van der Waals surface area contributed by atoms with Gasteiger partial charge in [0.25, 0.3) is 6.43 Å². The molecule has 0 unspecified atom stereocenters. The van der Waals surface area contributed by atoms with Crippen LogP contribution in [-0.2, 0) is 11.2 Å². The summed E-state index contributed by atoms with van der Waals surface area (Å²) in [6.45, 7) is 0. The van der Waals surface area contributed by atoms with Gasteiger partial charge in [0.1, 0.15) is 5.75 Å². The van der Waals surface area contributed by atoms with E-state index in [9.17, 15) is 13.6 Å². The van der Waals surface area contributed by atoms with Crippen LogP contribution in [0.25, 0.3) is 0 Å². The van der Waals surface area contributed by atoms with E-state index in [0.717, 1.165) is 12.4 Å². The third-order valence-corrected chi connectivity index (χ3v) is 1.81. The summed E-state index contributed by atoms with van der Waals surface area (Å²) in [5.41, 5.74) is -0.438. The summed E-state index contributed by atoms with van der Waals surface area (Å²) in [6.07, 6.45) is -1.04. The molecule has 0 spiro atoms. The van der Waals surface area contributed by atoms with Crippen molar-refractivity contribution in [2.24, 2.45) is 0 Å². The molecule has 0 saturated heterocycles. The molecule has 6 heteroatoms. The maximum absolute atomic E-state index is 12.6. The summed E-state index contributed by atoms with van der Waals surface area (Å²) in [4.78, 5) is 14.1. The Morgan fingerprint density at radius 2 is 2.27 bits per heavy atom. The number of nitrogens with zero attached hydrogens (tertiary/aromatic N) is 1. The van der Waals surface area contributed by atoms with Crippen LogP contribution in [0.3, 0.4) is 0 Å². The number of hydrogen-bond donors (Lipinski definition) is 1. The Hall–Kier alpha value is -1.72. The highest BCUT2D eigenvalue weighted by Gasteiger charge is 2.20. The average molecular weight is 217 g/mol. The highest BCUT2D eigenvalue weighted by atomic mass is 19.3. The minimum absolute atomic E-state index is 0.0307. The number of aliphatic carboxylic acids is 1. The van der Waals surface area contributed by atoms with Crippen LogP contribution in [0.2, 0.25) is 0 Å². The zero-order valence-corrected chi connectivity index (χ0v) is 7.91. The van der Waals surface area contributed by atoms with Crippen molar-refractivity contribution in [3.63, 3.8) is 0 Å². The van der Waals surface area contributed by atoms with Crippen molar-refractivity contribution in [3.8, 4) is 5.75 Å². The highest BCUT2D eigenvalue weighted by molar-refractivity contribution is 5.71. The number of aromatic nitrogens is 1. The zero-order chi connectivity index (χ0) is 11.4. The number of rotatable bonds is 4. The van der Waals surface area contributed by atoms with Crippen molar-refractivity contribution >= 4 is 5.97 Å². The lowest BCUT2D eigenvalue weighted by molar-refractivity contribution is -0.136. The van der Waals surface area contributed by atoms with E-state index in [0.29, 0.717) is 0 Å². The first-order valence-corrected chi connectivity index (χ1v) is 4.07. The first-order valence-electron chi connectivity index (χ1n) is 4.07. The molecule has 1 aromatic heterocycles. The van der Waals surface area contributed by atoms with Crippen LogP contribution in [0.15, 0.2) is 12.4 Å². The molecule has 0 saturated carbocycles. The molecule has 0 aliphatic carbocycles. The molecule has 0 aromatic carbocycles. The van der Waals surface area contributed by atoms with Gasteiger partial charge in [-0.15, -0.1) is 0 Å². The van der Waals surface area contributed by atoms with Gasteiger partial charge in [-0.05, 0) is 5.56 Å². The Labute approximate surface area is 84.5 Å². The number of alkyl halides is 2. The summed E-state index contributed by atoms with van der Waals surface area (Å²) >= 11 is 0. The quantitative estimate of drug-likeness (QED) is 0.833. The van der Waals surface area contributed by atoms with Gasteiger partial charge >= 0.3 is 5.97 Å². The van der Waals surface area contributed by atoms with Crippen molar-refractivity contribution < 1.29 is 23.4 Å². The minimum Gasteiger partial charge on any atom is -0.495 e. The van der Waals surface area contributed by atoms with Crippen LogP contribution in [0.4, 0.5) is 8.78 Å². The fourth-order valence-electron chi connectivity index (χ4n) is 1.21. The number of carbonyl (C=O) groups is 1. The predicted molar refractivity (Wildman–Crippen MR) is 47.1 cm³/mol. The van der Waals surface area contributed by atoms with E-state index in [2.05, 4.69) is 4.98 Å². The molecule has 15 heavy (non-hydrogen) atoms. The van der Waals surface area contributed by atoms with E-state index in [4.69, 9.17) is 9.84 Å². The summed E-state index contributed by atoms with van der Waals surface area (Å²) in [5.74, 6) is -1.28. The van der Waals surface area contributed by atoms with Crippen molar-refractivity contribution in [2.75, 3.05) is 7.11 Å². The van der Waals surface area contributed by atoms with Gasteiger partial charge in [0, 0.05) is 6.20 Å². The van der Waals surface area contributed by atoms with Gasteiger partial charge in [0.2, 0.25) is 0 Å². The van der Waals surface area contributed by atoms with E-state index in [-0.39, 0.29) is 11.3 Å². The second-order valence-electron chi connectivity index (χ2n) is 2.79. The third-order valence-electron chi connectivity index (χ3n) is 1.81. The molecule has 1 aromatic rings. The van der Waals surface area contributed by atoms with Gasteiger partial charge in [0.15, 0.2) is 0 Å². The number of methoxy groups -OCH3 is 1. The number of pyridine rings is 1. The average Bonchev–Trinajstić information content (AvgIpc) is 2.15. The SMILES string of the molecule is COc1cncc(CC(=O)O)c1C(F)F. The van der Waals surface area contributed by atoms with Crippen molar-refractivity contribution in [1.82, 2.24) is 4.98 Å². The van der Waals surface area contributed by atoms with Gasteiger partial charge in [-0.2, -0.15) is 0 Å². The largest absolute Gasteiger partial charge is 0.495 e. The lowest BCUT2D eigenvalue weighted by atomic mass is 10.1. The molecule has 82 valence electrons. The molecule has 1 N–H and O–H groups in total. The molecule has 0 atom stereocenters. The topological polar surface area (TPSA) is 59.4 Å². The lowest BCUT2D eigenvalue weighted by Gasteiger charge is -2.10. The molecule has 0 amide bonds. The van der Waals surface area contributed by atoms with Gasteiger partial charge in [-0.25, -0.2) is 8.78 Å². The van der Waals surface area contributed by atoms with Gasteiger partial charge < -0.3 is 9.84 Å². The normalized spacial score (nSPS) is 10.4. The third kappa shape index (κ3) is 2.61. The highest BCUT2D eigenvalue weighted by Crippen LogP contribution is 2.31. The van der Waals surface area contributed by atoms with Gasteiger partial charge in [-0.3, -0.25) is 9.78 Å². The first kappa shape index (κ1) is 11.4. The monoisotopic (exact) mass is 217 g/mol. The maximum Gasteiger partial charge on any atom is 0.307 e. The van der Waals surface area contributed by atoms with E-state index >= 15 is 0 Å². The molecule has 1 heterocycles. The number of carboxylic acids is 1. The van der Waals surface area contributed by atoms with Crippen LogP contribution < -0.4 is 4.74 Å². The van der Waals surface area contributed by atoms with Crippen LogP contribution >= 0.6 is 0 Å². The summed E-state index contributed by atoms with van der Waals surface area (Å²) in [5, 5.41) is 8.52. The summed E-state index contributed by atoms with van der Waals surface area (Å²) in [6, 6.07) is 0. The number of ether oxygens (including phenoxy) is 1. The number of carboxylic acid groups (broad SMARTS) is 1. The minimum atomic E-state index is -2.78. The Balaban J connectivity index is 3.19. The van der Waals surface area contributed by atoms with Crippen molar-refractivity contribution in [1.29, 1.82) is 0 Å². The van der Waals surface area contributed by atoms with Gasteiger partial charge in [-0.1, -0.05) is 0 Å². The lowest BCUT2D eigenvalue weighted by Crippen LogP contribution is -2.06. The molecule has 0 radical (unpaired) electrons. The molecule has 0 fully saturated rings. The molecule has 1 rings (SSSR count). The van der Waals surface area contributed by atoms with E-state index in [1.54, 1.807) is 0 Å². The van der Waals surface area contributed by atoms with E-state index in [1.807, 2.05) is 0 Å². The zero-order valence-electron chi connectivity index (χ0n) is 7.91. The first-order chi connectivity index (χ1) is 7.06. The summed E-state index contributed by atoms with van der Waals surface area (Å²) < 4.78 is 29.9. The van der Waals surface area contributed by atoms with Crippen LogP contribution in [0.1, 0.15) is 17.6 Å². The Morgan fingerprint density at radius 1 is 1.60 bits per heavy atom. The van der Waals surface area contributed by atoms with Gasteiger partial charge in [0.05, 0.1) is 25.3 Å². The molecule has 0 bridgehead atoms. The number of halogens is 2. The second-order valence-corrected chi connectivity index (χ2v) is 2.79. The summed E-state index contributed by atoms with van der Waals surface area (Å²) in [7, 11) is 1.23. The van der Waals surface area contributed by atoms with Crippen LogP contribution in [-0.4, -0.2) is 23.2 Å². The van der Waals surface area contributed by atoms with Crippen LogP contribution in [0.5, 0.6) is 5.75 Å². The van der Waals surface area contributed by atoms with Crippen LogP contribution in [0, 0.1) is 0 Å². The molecular weight excluding hydrogens is 208 g/mol. The predicted octanol–water partition coefficient (Wildman–Crippen LogP) is 1.65. The van der Waals surface area contributed by atoms with E-state index in [1.165, 1.54) is 7.11 Å². The number of hydrogen-bond acceptors (Lipinski definition) is 3. The smallest absolute Gasteiger partial charge is 0.307 e. The Morgan fingerprint density at radius 3 is 2.73 bits per heavy atom.